The van der Waals surface area contributed by atoms with E-state index in [2.05, 4.69) is 20.2 Å². The number of carbonyl (C=O) groups is 2. The van der Waals surface area contributed by atoms with E-state index in [0.717, 1.165) is 0 Å². The van der Waals surface area contributed by atoms with Crippen LogP contribution >= 0.6 is 0 Å². The Kier molecular flexibility index (Phi) is 6.18. The van der Waals surface area contributed by atoms with Crippen molar-refractivity contribution >= 4 is 17.9 Å². The minimum atomic E-state index is -2.93. The van der Waals surface area contributed by atoms with Gasteiger partial charge < -0.3 is 14.1 Å². The first-order valence-electron chi connectivity index (χ1n) is 10.1. The number of carbonyl (C=O) groups excluding carboxylic acids is 2. The fraction of sp³-hybridized carbons (Fsp3) is 0.333. The van der Waals surface area contributed by atoms with Crippen LogP contribution in [0.5, 0.6) is 0 Å². The lowest BCUT2D eigenvalue weighted by Crippen LogP contribution is -2.43. The Labute approximate surface area is 191 Å². The minimum Gasteiger partial charge on any atom is -0.439 e. The number of likely N-dealkylation sites (N-methyl/N-ethyl adjacent to an activating group) is 1. The van der Waals surface area contributed by atoms with Crippen molar-refractivity contribution in [2.45, 2.75) is 24.8 Å². The van der Waals surface area contributed by atoms with Gasteiger partial charge in [0, 0.05) is 26.5 Å². The van der Waals surface area contributed by atoms with Crippen LogP contribution < -0.4 is 4.90 Å². The molecule has 2 amide bonds. The van der Waals surface area contributed by atoms with E-state index in [1.165, 1.54) is 48.4 Å². The first-order valence-corrected chi connectivity index (χ1v) is 10.1. The van der Waals surface area contributed by atoms with Crippen molar-refractivity contribution in [3.63, 3.8) is 0 Å². The maximum absolute atomic E-state index is 13.5. The van der Waals surface area contributed by atoms with Crippen molar-refractivity contribution in [3.05, 3.63) is 53.9 Å². The molecule has 0 N–H and O–H groups in total. The first-order chi connectivity index (χ1) is 16.2. The predicted molar refractivity (Wildman–Crippen MR) is 110 cm³/mol. The van der Waals surface area contributed by atoms with Crippen LogP contribution in [-0.2, 0) is 15.1 Å². The third-order valence-electron chi connectivity index (χ3n) is 5.25. The monoisotopic (exact) mass is 476 g/mol. The molecular formula is C21H19F3N6O4. The highest BCUT2D eigenvalue weighted by molar-refractivity contribution is 5.90. The molecule has 34 heavy (non-hydrogen) atoms. The average Bonchev–Trinajstić information content (AvgIpc) is 3.44. The van der Waals surface area contributed by atoms with Crippen molar-refractivity contribution in [2.75, 3.05) is 25.6 Å². The van der Waals surface area contributed by atoms with Crippen LogP contribution in [0.1, 0.15) is 30.7 Å². The van der Waals surface area contributed by atoms with Gasteiger partial charge in [-0.3, -0.25) is 4.79 Å². The average molecular weight is 476 g/mol. The number of ether oxygens (including phenoxy) is 1. The molecule has 2 heterocycles. The van der Waals surface area contributed by atoms with Crippen molar-refractivity contribution < 1.29 is 31.9 Å². The summed E-state index contributed by atoms with van der Waals surface area (Å²) in [7, 11) is 3.04. The van der Waals surface area contributed by atoms with Gasteiger partial charge in [0.15, 0.2) is 6.61 Å². The van der Waals surface area contributed by atoms with Crippen molar-refractivity contribution in [3.8, 4) is 11.5 Å². The molecule has 0 spiro atoms. The van der Waals surface area contributed by atoms with Crippen molar-refractivity contribution in [2.24, 2.45) is 0 Å². The SMILES string of the molecule is CN(C)C(=O)COC(=O)N(c1ncc(-c2nnc(C(F)F)o2)cn1)C1(c2ccc(F)cc2)CC1. The Hall–Kier alpha value is -4.03. The number of anilines is 1. The third-order valence-corrected chi connectivity index (χ3v) is 5.25. The summed E-state index contributed by atoms with van der Waals surface area (Å²) < 4.78 is 49.0. The predicted octanol–water partition coefficient (Wildman–Crippen LogP) is 3.32. The van der Waals surface area contributed by atoms with Crippen molar-refractivity contribution in [1.29, 1.82) is 0 Å². The van der Waals surface area contributed by atoms with Crippen LogP contribution in [0, 0.1) is 5.82 Å². The summed E-state index contributed by atoms with van der Waals surface area (Å²) >= 11 is 0. The molecule has 10 nitrogen and oxygen atoms in total. The van der Waals surface area contributed by atoms with E-state index in [0.29, 0.717) is 18.4 Å². The highest BCUT2D eigenvalue weighted by atomic mass is 19.3. The number of rotatable bonds is 7. The third kappa shape index (κ3) is 4.54. The number of nitrogens with zero attached hydrogens (tertiary/aromatic N) is 6. The van der Waals surface area contributed by atoms with E-state index in [4.69, 9.17) is 9.15 Å². The molecular weight excluding hydrogens is 457 g/mol. The number of amides is 2. The van der Waals surface area contributed by atoms with E-state index in [-0.39, 0.29) is 17.4 Å². The highest BCUT2D eigenvalue weighted by Gasteiger charge is 2.54. The van der Waals surface area contributed by atoms with Gasteiger partial charge in [-0.25, -0.2) is 24.1 Å². The standard InChI is InChI=1S/C21H19F3N6O4/c1-29(2)15(31)11-33-20(32)30(21(7-8-21)13-3-5-14(22)6-4-13)19-25-9-12(10-26-19)17-27-28-18(34-17)16(23)24/h3-6,9-10,16H,7-8,11H2,1-2H3. The molecule has 0 aliphatic heterocycles. The fourth-order valence-electron chi connectivity index (χ4n) is 3.27. The Morgan fingerprint density at radius 3 is 2.29 bits per heavy atom. The van der Waals surface area contributed by atoms with Gasteiger partial charge in [-0.1, -0.05) is 12.1 Å². The number of alkyl halides is 2. The van der Waals surface area contributed by atoms with Gasteiger partial charge in [0.25, 0.3) is 17.7 Å². The normalized spacial score (nSPS) is 14.1. The molecule has 3 aromatic rings. The van der Waals surface area contributed by atoms with Crippen LogP contribution in [-0.4, -0.2) is 57.8 Å². The zero-order valence-electron chi connectivity index (χ0n) is 18.1. The molecule has 0 atom stereocenters. The lowest BCUT2D eigenvalue weighted by Gasteiger charge is -2.30. The molecule has 0 radical (unpaired) electrons. The molecule has 1 aliphatic rings. The molecule has 178 valence electrons. The Morgan fingerprint density at radius 2 is 1.76 bits per heavy atom. The zero-order valence-corrected chi connectivity index (χ0v) is 18.1. The lowest BCUT2D eigenvalue weighted by molar-refractivity contribution is -0.131. The maximum Gasteiger partial charge on any atom is 0.418 e. The van der Waals surface area contributed by atoms with Gasteiger partial charge in [0.1, 0.15) is 5.82 Å². The Balaban J connectivity index is 1.65. The van der Waals surface area contributed by atoms with Crippen LogP contribution in [0.2, 0.25) is 0 Å². The van der Waals surface area contributed by atoms with Crippen LogP contribution in [0.3, 0.4) is 0 Å². The second-order valence-corrected chi connectivity index (χ2v) is 7.73. The number of hydrogen-bond donors (Lipinski definition) is 0. The smallest absolute Gasteiger partial charge is 0.418 e. The van der Waals surface area contributed by atoms with Crippen LogP contribution in [0.4, 0.5) is 23.9 Å². The summed E-state index contributed by atoms with van der Waals surface area (Å²) in [4.78, 5) is 35.8. The summed E-state index contributed by atoms with van der Waals surface area (Å²) in [6.07, 6.45) is -0.303. The molecule has 4 rings (SSSR count). The van der Waals surface area contributed by atoms with E-state index >= 15 is 0 Å². The van der Waals surface area contributed by atoms with E-state index in [1.54, 1.807) is 12.1 Å². The molecule has 0 saturated heterocycles. The maximum atomic E-state index is 13.5. The van der Waals surface area contributed by atoms with Crippen molar-refractivity contribution in [1.82, 2.24) is 25.1 Å². The second-order valence-electron chi connectivity index (χ2n) is 7.73. The summed E-state index contributed by atoms with van der Waals surface area (Å²) in [5.41, 5.74) is -0.109. The Morgan fingerprint density at radius 1 is 1.12 bits per heavy atom. The lowest BCUT2D eigenvalue weighted by atomic mass is 10.0. The number of aromatic nitrogens is 4. The minimum absolute atomic E-state index is 0.0681. The summed E-state index contributed by atoms with van der Waals surface area (Å²) in [5.74, 6) is -1.99. The number of hydrogen-bond acceptors (Lipinski definition) is 8. The molecule has 1 aromatic carbocycles. The summed E-state index contributed by atoms with van der Waals surface area (Å²) in [6, 6.07) is 5.64. The van der Waals surface area contributed by atoms with Crippen LogP contribution in [0.15, 0.2) is 41.1 Å². The van der Waals surface area contributed by atoms with Gasteiger partial charge in [-0.15, -0.1) is 10.2 Å². The molecule has 1 fully saturated rings. The molecule has 1 saturated carbocycles. The largest absolute Gasteiger partial charge is 0.439 e. The molecule has 13 heteroatoms. The molecule has 1 aliphatic carbocycles. The number of benzene rings is 1. The van der Waals surface area contributed by atoms with E-state index < -0.39 is 42.3 Å². The van der Waals surface area contributed by atoms with E-state index in [1.807, 2.05) is 0 Å². The second kappa shape index (κ2) is 9.08. The first kappa shape index (κ1) is 23.1. The molecule has 2 aromatic heterocycles. The molecule has 0 bridgehead atoms. The topological polar surface area (TPSA) is 115 Å². The fourth-order valence-corrected chi connectivity index (χ4v) is 3.27. The molecule has 0 unspecified atom stereocenters. The quantitative estimate of drug-likeness (QED) is 0.510. The van der Waals surface area contributed by atoms with E-state index in [9.17, 15) is 22.8 Å². The number of halogens is 3. The highest BCUT2D eigenvalue weighted by Crippen LogP contribution is 2.52. The van der Waals surface area contributed by atoms with Gasteiger partial charge in [-0.2, -0.15) is 8.78 Å². The van der Waals surface area contributed by atoms with Gasteiger partial charge in [0.05, 0.1) is 11.1 Å². The van der Waals surface area contributed by atoms with Gasteiger partial charge in [-0.05, 0) is 30.5 Å². The summed E-state index contributed by atoms with van der Waals surface area (Å²) in [5, 5.41) is 6.80. The summed E-state index contributed by atoms with van der Waals surface area (Å²) in [6.45, 7) is -0.502. The zero-order chi connectivity index (χ0) is 24.5. The Bertz CT molecular complexity index is 1180. The van der Waals surface area contributed by atoms with Crippen LogP contribution in [0.25, 0.3) is 11.5 Å². The van der Waals surface area contributed by atoms with Gasteiger partial charge >= 0.3 is 12.5 Å². The van der Waals surface area contributed by atoms with Gasteiger partial charge in [0.2, 0.25) is 5.95 Å².